The monoisotopic (exact) mass is 274 g/mol. The van der Waals surface area contributed by atoms with Gasteiger partial charge in [-0.15, -0.1) is 0 Å². The molecule has 1 aromatic carbocycles. The summed E-state index contributed by atoms with van der Waals surface area (Å²) in [5.74, 6) is 1.04. The minimum atomic E-state index is 0.487. The predicted octanol–water partition coefficient (Wildman–Crippen LogP) is 3.22. The van der Waals surface area contributed by atoms with Crippen molar-refractivity contribution in [3.8, 4) is 5.75 Å². The molecule has 0 N–H and O–H groups in total. The van der Waals surface area contributed by atoms with Gasteiger partial charge in [-0.25, -0.2) is 0 Å². The molecule has 1 aliphatic rings. The first-order valence-corrected chi connectivity index (χ1v) is 5.35. The van der Waals surface area contributed by atoms with Crippen LogP contribution >= 0.6 is 22.6 Å². The number of para-hydroxylation sites is 1. The maximum Gasteiger partial charge on any atom is 0.133 e. The van der Waals surface area contributed by atoms with Crippen molar-refractivity contribution in [2.75, 3.05) is 0 Å². The summed E-state index contributed by atoms with van der Waals surface area (Å²) in [6, 6.07) is 8.18. The Hall–Kier alpha value is -0.250. The average molecular weight is 274 g/mol. The van der Waals surface area contributed by atoms with Crippen LogP contribution in [0.4, 0.5) is 0 Å². The normalized spacial score (nSPS) is 17.1. The van der Waals surface area contributed by atoms with Gasteiger partial charge < -0.3 is 4.74 Å². The molecule has 2 heteroatoms. The Morgan fingerprint density at radius 1 is 1.25 bits per heavy atom. The molecular formula is C10H11IO. The van der Waals surface area contributed by atoms with Crippen molar-refractivity contribution in [3.63, 3.8) is 0 Å². The van der Waals surface area contributed by atoms with Crippen molar-refractivity contribution in [2.45, 2.75) is 25.4 Å². The third kappa shape index (κ3) is 1.73. The highest BCUT2D eigenvalue weighted by molar-refractivity contribution is 14.1. The summed E-state index contributed by atoms with van der Waals surface area (Å²) in [5.41, 5.74) is 0. The predicted molar refractivity (Wildman–Crippen MR) is 57.4 cm³/mol. The molecule has 1 saturated carbocycles. The van der Waals surface area contributed by atoms with E-state index >= 15 is 0 Å². The molecular weight excluding hydrogens is 263 g/mol. The van der Waals surface area contributed by atoms with Crippen molar-refractivity contribution in [1.29, 1.82) is 0 Å². The van der Waals surface area contributed by atoms with E-state index in [1.54, 1.807) is 0 Å². The first-order chi connectivity index (χ1) is 5.86. The van der Waals surface area contributed by atoms with E-state index in [1.165, 1.54) is 22.8 Å². The molecule has 0 aliphatic heterocycles. The number of halogens is 1. The van der Waals surface area contributed by atoms with Gasteiger partial charge in [0.05, 0.1) is 9.67 Å². The highest BCUT2D eigenvalue weighted by Gasteiger charge is 2.19. The molecule has 1 aliphatic carbocycles. The van der Waals surface area contributed by atoms with Crippen LogP contribution in [0, 0.1) is 3.57 Å². The van der Waals surface area contributed by atoms with Crippen molar-refractivity contribution in [1.82, 2.24) is 0 Å². The standard InChI is InChI=1S/C10H11IO/c11-9-6-1-2-7-10(9)12-8-4-3-5-8/h1-2,6-8H,3-5H2. The van der Waals surface area contributed by atoms with Crippen LogP contribution in [-0.4, -0.2) is 6.10 Å². The van der Waals surface area contributed by atoms with E-state index in [-0.39, 0.29) is 0 Å². The minimum absolute atomic E-state index is 0.487. The maximum absolute atomic E-state index is 5.77. The van der Waals surface area contributed by atoms with Gasteiger partial charge in [0.15, 0.2) is 0 Å². The van der Waals surface area contributed by atoms with E-state index in [0.29, 0.717) is 6.10 Å². The maximum atomic E-state index is 5.77. The average Bonchev–Trinajstić information content (AvgIpc) is 2.00. The molecule has 0 heterocycles. The van der Waals surface area contributed by atoms with E-state index in [2.05, 4.69) is 28.7 Å². The van der Waals surface area contributed by atoms with Crippen molar-refractivity contribution in [2.24, 2.45) is 0 Å². The largest absolute Gasteiger partial charge is 0.489 e. The summed E-state index contributed by atoms with van der Waals surface area (Å²) in [6.07, 6.45) is 4.27. The Morgan fingerprint density at radius 3 is 2.58 bits per heavy atom. The SMILES string of the molecule is Ic1ccccc1OC1CCC1. The molecule has 0 radical (unpaired) electrons. The van der Waals surface area contributed by atoms with Crippen LogP contribution in [0.3, 0.4) is 0 Å². The highest BCUT2D eigenvalue weighted by atomic mass is 127. The fraction of sp³-hybridized carbons (Fsp3) is 0.400. The van der Waals surface area contributed by atoms with Crippen molar-refractivity contribution >= 4 is 22.6 Å². The van der Waals surface area contributed by atoms with Gasteiger partial charge in [0, 0.05) is 0 Å². The summed E-state index contributed by atoms with van der Waals surface area (Å²) in [6.45, 7) is 0. The van der Waals surface area contributed by atoms with Gasteiger partial charge >= 0.3 is 0 Å². The number of hydrogen-bond acceptors (Lipinski definition) is 1. The second-order valence-corrected chi connectivity index (χ2v) is 4.26. The number of benzene rings is 1. The third-order valence-electron chi connectivity index (χ3n) is 2.18. The minimum Gasteiger partial charge on any atom is -0.489 e. The molecule has 2 rings (SSSR count). The Morgan fingerprint density at radius 2 is 2.00 bits per heavy atom. The van der Waals surface area contributed by atoms with Crippen LogP contribution in [-0.2, 0) is 0 Å². The van der Waals surface area contributed by atoms with E-state index < -0.39 is 0 Å². The highest BCUT2D eigenvalue weighted by Crippen LogP contribution is 2.27. The summed E-state index contributed by atoms with van der Waals surface area (Å²) in [5, 5.41) is 0. The first-order valence-electron chi connectivity index (χ1n) is 4.27. The Kier molecular flexibility index (Phi) is 2.54. The van der Waals surface area contributed by atoms with Gasteiger partial charge in [-0.1, -0.05) is 12.1 Å². The molecule has 1 aromatic rings. The molecule has 1 nitrogen and oxygen atoms in total. The van der Waals surface area contributed by atoms with Crippen LogP contribution in [0.2, 0.25) is 0 Å². The number of rotatable bonds is 2. The quantitative estimate of drug-likeness (QED) is 0.752. The second kappa shape index (κ2) is 3.64. The molecule has 0 bridgehead atoms. The van der Waals surface area contributed by atoms with E-state index in [0.717, 1.165) is 5.75 Å². The van der Waals surface area contributed by atoms with Crippen molar-refractivity contribution < 1.29 is 4.74 Å². The molecule has 0 spiro atoms. The fourth-order valence-corrected chi connectivity index (χ4v) is 1.72. The van der Waals surface area contributed by atoms with Crippen molar-refractivity contribution in [3.05, 3.63) is 27.8 Å². The molecule has 1 fully saturated rings. The summed E-state index contributed by atoms with van der Waals surface area (Å²) in [7, 11) is 0. The van der Waals surface area contributed by atoms with Gasteiger partial charge in [0.25, 0.3) is 0 Å². The van der Waals surface area contributed by atoms with E-state index in [9.17, 15) is 0 Å². The van der Waals surface area contributed by atoms with E-state index in [1.807, 2.05) is 18.2 Å². The van der Waals surface area contributed by atoms with Crippen LogP contribution < -0.4 is 4.74 Å². The lowest BCUT2D eigenvalue weighted by molar-refractivity contribution is 0.119. The van der Waals surface area contributed by atoms with Crippen LogP contribution in [0.1, 0.15) is 19.3 Å². The first kappa shape index (κ1) is 8.35. The van der Waals surface area contributed by atoms with Gasteiger partial charge in [-0.3, -0.25) is 0 Å². The topological polar surface area (TPSA) is 9.23 Å². The molecule has 0 amide bonds. The molecule has 64 valence electrons. The zero-order valence-corrected chi connectivity index (χ0v) is 8.95. The van der Waals surface area contributed by atoms with E-state index in [4.69, 9.17) is 4.74 Å². The fourth-order valence-electron chi connectivity index (χ4n) is 1.21. The van der Waals surface area contributed by atoms with Gasteiger partial charge in [0.2, 0.25) is 0 Å². The Labute approximate surface area is 86.3 Å². The Balaban J connectivity index is 2.06. The lowest BCUT2D eigenvalue weighted by atomic mass is 9.96. The molecule has 0 aromatic heterocycles. The zero-order chi connectivity index (χ0) is 8.39. The molecule has 0 saturated heterocycles. The number of hydrogen-bond donors (Lipinski definition) is 0. The van der Waals surface area contributed by atoms with Gasteiger partial charge in [-0.2, -0.15) is 0 Å². The summed E-state index contributed by atoms with van der Waals surface area (Å²) in [4.78, 5) is 0. The smallest absolute Gasteiger partial charge is 0.133 e. The molecule has 0 unspecified atom stereocenters. The third-order valence-corrected chi connectivity index (χ3v) is 3.07. The van der Waals surface area contributed by atoms with Crippen LogP contribution in [0.15, 0.2) is 24.3 Å². The summed E-state index contributed by atoms with van der Waals surface area (Å²) >= 11 is 2.31. The lowest BCUT2D eigenvalue weighted by Gasteiger charge is -2.26. The van der Waals surface area contributed by atoms with Gasteiger partial charge in [0.1, 0.15) is 5.75 Å². The van der Waals surface area contributed by atoms with Crippen LogP contribution in [0.5, 0.6) is 5.75 Å². The zero-order valence-electron chi connectivity index (χ0n) is 6.79. The number of ether oxygens (including phenoxy) is 1. The molecule has 12 heavy (non-hydrogen) atoms. The summed E-state index contributed by atoms with van der Waals surface area (Å²) < 4.78 is 6.98. The van der Waals surface area contributed by atoms with Crippen LogP contribution in [0.25, 0.3) is 0 Å². The second-order valence-electron chi connectivity index (χ2n) is 3.10. The molecule has 0 atom stereocenters. The van der Waals surface area contributed by atoms with Gasteiger partial charge in [-0.05, 0) is 54.0 Å². The Bertz CT molecular complexity index is 268. The lowest BCUT2D eigenvalue weighted by Crippen LogP contribution is -2.24.